The lowest BCUT2D eigenvalue weighted by Gasteiger charge is -2.26. The van der Waals surface area contributed by atoms with Gasteiger partial charge in [-0.1, -0.05) is 0 Å². The maximum atomic E-state index is 13.4. The molecule has 21 heavy (non-hydrogen) atoms. The first-order chi connectivity index (χ1) is 9.94. The molecule has 2 fully saturated rings. The number of anilines is 1. The van der Waals surface area contributed by atoms with Gasteiger partial charge in [-0.05, 0) is 25.3 Å². The standard InChI is InChI=1S/C14H20FN3O2S/c1-18(13-4-5-21(19,20)9-13)14-10(6-11(15)8-17-14)7-16-12-2-3-12/h6,8,12-13,16H,2-5,7,9H2,1H3. The third-order valence-electron chi connectivity index (χ3n) is 4.16. The summed E-state index contributed by atoms with van der Waals surface area (Å²) in [4.78, 5) is 6.07. The molecule has 1 unspecified atom stereocenters. The summed E-state index contributed by atoms with van der Waals surface area (Å²) in [6, 6.07) is 1.93. The van der Waals surface area contributed by atoms with E-state index in [0.29, 0.717) is 24.8 Å². The quantitative estimate of drug-likeness (QED) is 0.882. The highest BCUT2D eigenvalue weighted by atomic mass is 32.2. The average molecular weight is 313 g/mol. The Morgan fingerprint density at radius 1 is 1.43 bits per heavy atom. The van der Waals surface area contributed by atoms with Gasteiger partial charge in [0.15, 0.2) is 9.84 Å². The van der Waals surface area contributed by atoms with Crippen molar-refractivity contribution >= 4 is 15.7 Å². The van der Waals surface area contributed by atoms with Gasteiger partial charge in [0.05, 0.1) is 17.7 Å². The average Bonchev–Trinajstić information content (AvgIpc) is 3.18. The highest BCUT2D eigenvalue weighted by molar-refractivity contribution is 7.91. The third-order valence-corrected chi connectivity index (χ3v) is 5.91. The number of halogens is 1. The zero-order valence-electron chi connectivity index (χ0n) is 12.0. The Labute approximate surface area is 124 Å². The molecule has 0 amide bonds. The Bertz CT molecular complexity index is 631. The lowest BCUT2D eigenvalue weighted by Crippen LogP contribution is -2.34. The summed E-state index contributed by atoms with van der Waals surface area (Å²) in [6.07, 6.45) is 4.12. The van der Waals surface area contributed by atoms with Crippen LogP contribution < -0.4 is 10.2 Å². The smallest absolute Gasteiger partial charge is 0.152 e. The molecule has 1 saturated heterocycles. The van der Waals surface area contributed by atoms with Crippen molar-refractivity contribution in [2.24, 2.45) is 0 Å². The minimum atomic E-state index is -2.94. The number of pyridine rings is 1. The zero-order chi connectivity index (χ0) is 15.0. The van der Waals surface area contributed by atoms with Crippen molar-refractivity contribution < 1.29 is 12.8 Å². The Morgan fingerprint density at radius 2 is 2.19 bits per heavy atom. The fourth-order valence-electron chi connectivity index (χ4n) is 2.72. The van der Waals surface area contributed by atoms with Gasteiger partial charge in [0.1, 0.15) is 11.6 Å². The van der Waals surface area contributed by atoms with E-state index in [1.54, 1.807) is 0 Å². The Morgan fingerprint density at radius 3 is 2.81 bits per heavy atom. The highest BCUT2D eigenvalue weighted by Gasteiger charge is 2.32. The highest BCUT2D eigenvalue weighted by Crippen LogP contribution is 2.26. The van der Waals surface area contributed by atoms with Gasteiger partial charge in [-0.2, -0.15) is 0 Å². The predicted octanol–water partition coefficient (Wildman–Crippen LogP) is 1.10. The van der Waals surface area contributed by atoms with Crippen molar-refractivity contribution in [3.63, 3.8) is 0 Å². The number of nitrogens with one attached hydrogen (secondary N) is 1. The van der Waals surface area contributed by atoms with Crippen molar-refractivity contribution in [2.75, 3.05) is 23.5 Å². The number of sulfone groups is 1. The summed E-state index contributed by atoms with van der Waals surface area (Å²) in [7, 11) is -1.10. The van der Waals surface area contributed by atoms with E-state index < -0.39 is 9.84 Å². The van der Waals surface area contributed by atoms with Gasteiger partial charge < -0.3 is 10.2 Å². The first kappa shape index (κ1) is 14.7. The molecule has 2 aliphatic rings. The van der Waals surface area contributed by atoms with Gasteiger partial charge in [-0.3, -0.25) is 0 Å². The predicted molar refractivity (Wildman–Crippen MR) is 79.5 cm³/mol. The molecule has 1 saturated carbocycles. The van der Waals surface area contributed by atoms with E-state index in [-0.39, 0.29) is 23.4 Å². The molecule has 0 aromatic carbocycles. The van der Waals surface area contributed by atoms with Crippen LogP contribution in [-0.2, 0) is 16.4 Å². The summed E-state index contributed by atoms with van der Waals surface area (Å²) in [5.74, 6) is 0.683. The molecule has 116 valence electrons. The van der Waals surface area contributed by atoms with E-state index in [4.69, 9.17) is 0 Å². The van der Waals surface area contributed by atoms with Crippen molar-refractivity contribution in [2.45, 2.75) is 37.9 Å². The fraction of sp³-hybridized carbons (Fsp3) is 0.643. The first-order valence-electron chi connectivity index (χ1n) is 7.26. The van der Waals surface area contributed by atoms with E-state index in [9.17, 15) is 12.8 Å². The maximum absolute atomic E-state index is 13.4. The van der Waals surface area contributed by atoms with Crippen LogP contribution in [0.2, 0.25) is 0 Å². The lowest BCUT2D eigenvalue weighted by molar-refractivity contribution is 0.598. The van der Waals surface area contributed by atoms with Crippen LogP contribution >= 0.6 is 0 Å². The summed E-state index contributed by atoms with van der Waals surface area (Å²) in [5.41, 5.74) is 0.786. The molecule has 7 heteroatoms. The second-order valence-electron chi connectivity index (χ2n) is 5.96. The van der Waals surface area contributed by atoms with Gasteiger partial charge in [0.25, 0.3) is 0 Å². The molecular weight excluding hydrogens is 293 g/mol. The summed E-state index contributed by atoms with van der Waals surface area (Å²) in [5, 5.41) is 3.35. The first-order valence-corrected chi connectivity index (χ1v) is 9.08. The van der Waals surface area contributed by atoms with Gasteiger partial charge in [0.2, 0.25) is 0 Å². The Hall–Kier alpha value is -1.21. The molecule has 0 radical (unpaired) electrons. The fourth-order valence-corrected chi connectivity index (χ4v) is 4.49. The van der Waals surface area contributed by atoms with Crippen LogP contribution in [0.5, 0.6) is 0 Å². The van der Waals surface area contributed by atoms with E-state index in [1.165, 1.54) is 12.3 Å². The molecule has 1 aromatic heterocycles. The minimum absolute atomic E-state index is 0.0763. The van der Waals surface area contributed by atoms with Gasteiger partial charge in [-0.25, -0.2) is 17.8 Å². The Kier molecular flexibility index (Phi) is 3.88. The monoisotopic (exact) mass is 313 g/mol. The SMILES string of the molecule is CN(c1ncc(F)cc1CNC1CC1)C1CCS(=O)(=O)C1. The molecular formula is C14H20FN3O2S. The third kappa shape index (κ3) is 3.52. The number of hydrogen-bond donors (Lipinski definition) is 1. The summed E-state index contributed by atoms with van der Waals surface area (Å²) in [6.45, 7) is 0.564. The van der Waals surface area contributed by atoms with Gasteiger partial charge in [-0.15, -0.1) is 0 Å². The molecule has 0 spiro atoms. The van der Waals surface area contributed by atoms with Crippen molar-refractivity contribution in [3.05, 3.63) is 23.6 Å². The van der Waals surface area contributed by atoms with Crippen molar-refractivity contribution in [1.29, 1.82) is 0 Å². The van der Waals surface area contributed by atoms with Gasteiger partial charge in [0, 0.05) is 31.2 Å². The van der Waals surface area contributed by atoms with Gasteiger partial charge >= 0.3 is 0 Å². The molecule has 1 aliphatic carbocycles. The molecule has 0 bridgehead atoms. The van der Waals surface area contributed by atoms with E-state index in [1.807, 2.05) is 11.9 Å². The normalized spacial score (nSPS) is 24.2. The van der Waals surface area contributed by atoms with Crippen molar-refractivity contribution in [3.8, 4) is 0 Å². The molecule has 1 N–H and O–H groups in total. The summed E-state index contributed by atoms with van der Waals surface area (Å²) >= 11 is 0. The van der Waals surface area contributed by atoms with Crippen LogP contribution in [0.15, 0.2) is 12.3 Å². The van der Waals surface area contributed by atoms with Crippen LogP contribution in [0.3, 0.4) is 0 Å². The van der Waals surface area contributed by atoms with Crippen molar-refractivity contribution in [1.82, 2.24) is 10.3 Å². The van der Waals surface area contributed by atoms with Crippen LogP contribution in [0.4, 0.5) is 10.2 Å². The number of hydrogen-bond acceptors (Lipinski definition) is 5. The molecule has 3 rings (SSSR count). The van der Waals surface area contributed by atoms with Crippen LogP contribution in [0, 0.1) is 5.82 Å². The van der Waals surface area contributed by atoms with E-state index in [2.05, 4.69) is 10.3 Å². The molecule has 1 aromatic rings. The van der Waals surface area contributed by atoms with E-state index >= 15 is 0 Å². The maximum Gasteiger partial charge on any atom is 0.152 e. The second kappa shape index (κ2) is 5.53. The Balaban J connectivity index is 1.79. The zero-order valence-corrected chi connectivity index (χ0v) is 12.9. The van der Waals surface area contributed by atoms with E-state index in [0.717, 1.165) is 18.4 Å². The molecule has 2 heterocycles. The van der Waals surface area contributed by atoms with Crippen LogP contribution in [0.25, 0.3) is 0 Å². The largest absolute Gasteiger partial charge is 0.355 e. The second-order valence-corrected chi connectivity index (χ2v) is 8.19. The number of rotatable bonds is 5. The summed E-state index contributed by atoms with van der Waals surface area (Å²) < 4.78 is 36.7. The lowest BCUT2D eigenvalue weighted by atomic mass is 10.2. The molecule has 5 nitrogen and oxygen atoms in total. The number of aromatic nitrogens is 1. The van der Waals surface area contributed by atoms with Crippen LogP contribution in [-0.4, -0.2) is 44.0 Å². The number of nitrogens with zero attached hydrogens (tertiary/aromatic N) is 2. The molecule has 1 atom stereocenters. The van der Waals surface area contributed by atoms with Crippen LogP contribution in [0.1, 0.15) is 24.8 Å². The minimum Gasteiger partial charge on any atom is -0.355 e. The topological polar surface area (TPSA) is 62.3 Å². The molecule has 1 aliphatic heterocycles.